The molecule has 4 heterocycles. The average molecular weight is 300 g/mol. The number of fused-ring (bicyclic) bond motifs is 5. The van der Waals surface area contributed by atoms with Gasteiger partial charge in [-0.2, -0.15) is 0 Å². The Bertz CT molecular complexity index is 664. The summed E-state index contributed by atoms with van der Waals surface area (Å²) in [6.45, 7) is 2.21. The van der Waals surface area contributed by atoms with E-state index in [0.29, 0.717) is 23.3 Å². The van der Waals surface area contributed by atoms with Crippen LogP contribution < -0.4 is 5.48 Å². The Morgan fingerprint density at radius 2 is 2.32 bits per heavy atom. The van der Waals surface area contributed by atoms with Gasteiger partial charge < -0.3 is 0 Å². The molecule has 2 N–H and O–H groups in total. The van der Waals surface area contributed by atoms with Crippen molar-refractivity contribution in [1.29, 1.82) is 0 Å². The number of carbonyl (C=O) groups excluding carboxylic acids is 1. The van der Waals surface area contributed by atoms with Crippen molar-refractivity contribution in [3.8, 4) is 0 Å². The van der Waals surface area contributed by atoms with Crippen LogP contribution in [0.2, 0.25) is 0 Å². The first-order valence-electron chi connectivity index (χ1n) is 8.20. The SMILES string of the molecule is O=C(NO)c1cnc2c(c1)CCN1C2N2CCC[C@@]23CC[C@H]13. The van der Waals surface area contributed by atoms with E-state index in [9.17, 15) is 4.79 Å². The summed E-state index contributed by atoms with van der Waals surface area (Å²) in [5.74, 6) is -0.484. The van der Waals surface area contributed by atoms with Crippen LogP contribution in [0.5, 0.6) is 0 Å². The molecule has 6 heteroatoms. The van der Waals surface area contributed by atoms with E-state index in [1.165, 1.54) is 25.7 Å². The zero-order chi connectivity index (χ0) is 14.9. The number of amides is 1. The van der Waals surface area contributed by atoms with Crippen molar-refractivity contribution in [3.63, 3.8) is 0 Å². The summed E-state index contributed by atoms with van der Waals surface area (Å²) in [6, 6.07) is 2.60. The number of hydrogen-bond acceptors (Lipinski definition) is 5. The van der Waals surface area contributed by atoms with Gasteiger partial charge in [0.25, 0.3) is 5.91 Å². The minimum atomic E-state index is -0.484. The lowest BCUT2D eigenvalue weighted by molar-refractivity contribution is 0.0691. The fourth-order valence-electron chi connectivity index (χ4n) is 5.32. The first-order chi connectivity index (χ1) is 10.7. The summed E-state index contributed by atoms with van der Waals surface area (Å²) in [4.78, 5) is 21.6. The number of carbonyl (C=O) groups is 1. The summed E-state index contributed by atoms with van der Waals surface area (Å²) in [5, 5.41) is 8.80. The van der Waals surface area contributed by atoms with Crippen molar-refractivity contribution < 1.29 is 10.0 Å². The average Bonchev–Trinajstić information content (AvgIpc) is 3.05. The van der Waals surface area contributed by atoms with Gasteiger partial charge in [-0.1, -0.05) is 0 Å². The molecule has 5 rings (SSSR count). The molecule has 116 valence electrons. The summed E-state index contributed by atoms with van der Waals surface area (Å²) >= 11 is 0. The molecule has 0 radical (unpaired) electrons. The highest BCUT2D eigenvalue weighted by Gasteiger charge is 2.65. The van der Waals surface area contributed by atoms with E-state index in [1.54, 1.807) is 11.7 Å². The molecular formula is C16H20N4O2. The minimum absolute atomic E-state index is 0.296. The van der Waals surface area contributed by atoms with Crippen LogP contribution in [-0.4, -0.2) is 50.6 Å². The summed E-state index contributed by atoms with van der Waals surface area (Å²) in [6.07, 6.45) is 8.08. The lowest BCUT2D eigenvalue weighted by Crippen LogP contribution is -2.56. The van der Waals surface area contributed by atoms with Crippen molar-refractivity contribution in [2.45, 2.75) is 49.9 Å². The van der Waals surface area contributed by atoms with Crippen molar-refractivity contribution >= 4 is 5.91 Å². The Labute approximate surface area is 129 Å². The third-order valence-corrected chi connectivity index (χ3v) is 6.31. The van der Waals surface area contributed by atoms with Crippen molar-refractivity contribution in [2.75, 3.05) is 13.1 Å². The molecule has 4 aliphatic rings. The van der Waals surface area contributed by atoms with Gasteiger partial charge in [0, 0.05) is 30.9 Å². The normalized spacial score (nSPS) is 36.0. The predicted molar refractivity (Wildman–Crippen MR) is 78.3 cm³/mol. The third-order valence-electron chi connectivity index (χ3n) is 6.31. The second-order valence-electron chi connectivity index (χ2n) is 7.03. The van der Waals surface area contributed by atoms with Crippen LogP contribution in [0.15, 0.2) is 12.3 Å². The van der Waals surface area contributed by atoms with Crippen LogP contribution in [0.3, 0.4) is 0 Å². The number of rotatable bonds is 1. The number of aromatic nitrogens is 1. The first-order valence-corrected chi connectivity index (χ1v) is 8.20. The van der Waals surface area contributed by atoms with Gasteiger partial charge in [0.05, 0.1) is 11.3 Å². The standard InChI is InChI=1S/C16H20N4O2/c21-14(18-22)11-8-10-3-7-19-12-2-5-16(12)4-1-6-20(16)15(19)13(10)17-9-11/h8-9,12,15,22H,1-7H2,(H,18,21)/t12-,15?,16-/m0/s1. The Kier molecular flexibility index (Phi) is 2.52. The third kappa shape index (κ3) is 1.41. The van der Waals surface area contributed by atoms with Crippen molar-refractivity contribution in [2.24, 2.45) is 0 Å². The van der Waals surface area contributed by atoms with Crippen LogP contribution in [-0.2, 0) is 6.42 Å². The molecule has 1 aromatic rings. The molecule has 3 fully saturated rings. The van der Waals surface area contributed by atoms with Crippen LogP contribution in [0.4, 0.5) is 0 Å². The Morgan fingerprint density at radius 1 is 1.41 bits per heavy atom. The molecule has 1 spiro atoms. The first kappa shape index (κ1) is 13.0. The maximum atomic E-state index is 11.6. The maximum Gasteiger partial charge on any atom is 0.276 e. The molecule has 3 aliphatic heterocycles. The molecule has 3 atom stereocenters. The molecule has 1 amide bonds. The molecule has 0 aromatic carbocycles. The smallest absolute Gasteiger partial charge is 0.276 e. The lowest BCUT2D eigenvalue weighted by atomic mass is 9.71. The van der Waals surface area contributed by atoms with E-state index in [2.05, 4.69) is 14.8 Å². The summed E-state index contributed by atoms with van der Waals surface area (Å²) in [7, 11) is 0. The maximum absolute atomic E-state index is 11.6. The summed E-state index contributed by atoms with van der Waals surface area (Å²) < 4.78 is 0. The molecule has 0 bridgehead atoms. The number of hydroxylamine groups is 1. The number of hydrogen-bond donors (Lipinski definition) is 2. The van der Waals surface area contributed by atoms with Gasteiger partial charge in [-0.05, 0) is 43.7 Å². The zero-order valence-electron chi connectivity index (χ0n) is 12.5. The molecule has 1 aliphatic carbocycles. The molecular weight excluding hydrogens is 280 g/mol. The van der Waals surface area contributed by atoms with E-state index < -0.39 is 5.91 Å². The molecule has 1 saturated carbocycles. The Balaban J connectivity index is 1.57. The minimum Gasteiger partial charge on any atom is -0.288 e. The monoisotopic (exact) mass is 300 g/mol. The second-order valence-corrected chi connectivity index (χ2v) is 7.03. The van der Waals surface area contributed by atoms with Crippen molar-refractivity contribution in [1.82, 2.24) is 20.3 Å². The molecule has 1 unspecified atom stereocenters. The van der Waals surface area contributed by atoms with Gasteiger partial charge in [-0.3, -0.25) is 24.8 Å². The largest absolute Gasteiger partial charge is 0.288 e. The van der Waals surface area contributed by atoms with Crippen LogP contribution in [0, 0.1) is 0 Å². The van der Waals surface area contributed by atoms with Crippen LogP contribution in [0.1, 0.15) is 53.5 Å². The summed E-state index contributed by atoms with van der Waals surface area (Å²) in [5.41, 5.74) is 4.82. The highest BCUT2D eigenvalue weighted by molar-refractivity contribution is 5.93. The number of nitrogens with zero attached hydrogens (tertiary/aromatic N) is 3. The quantitative estimate of drug-likeness (QED) is 0.600. The van der Waals surface area contributed by atoms with Gasteiger partial charge in [0.2, 0.25) is 0 Å². The second kappa shape index (κ2) is 4.28. The lowest BCUT2D eigenvalue weighted by Gasteiger charge is -2.47. The van der Waals surface area contributed by atoms with E-state index in [1.807, 2.05) is 6.07 Å². The fraction of sp³-hybridized carbons (Fsp3) is 0.625. The van der Waals surface area contributed by atoms with E-state index in [0.717, 1.165) is 30.8 Å². The molecule has 2 saturated heterocycles. The molecule has 6 nitrogen and oxygen atoms in total. The highest BCUT2D eigenvalue weighted by atomic mass is 16.5. The topological polar surface area (TPSA) is 68.7 Å². The van der Waals surface area contributed by atoms with Gasteiger partial charge in [-0.15, -0.1) is 0 Å². The van der Waals surface area contributed by atoms with Gasteiger partial charge in [-0.25, -0.2) is 5.48 Å². The van der Waals surface area contributed by atoms with Crippen molar-refractivity contribution in [3.05, 3.63) is 29.1 Å². The van der Waals surface area contributed by atoms with E-state index in [-0.39, 0.29) is 0 Å². The van der Waals surface area contributed by atoms with Crippen LogP contribution in [0.25, 0.3) is 0 Å². The number of nitrogens with one attached hydrogen (secondary N) is 1. The highest BCUT2D eigenvalue weighted by Crippen LogP contribution is 2.59. The number of pyridine rings is 1. The van der Waals surface area contributed by atoms with Gasteiger partial charge in [0.1, 0.15) is 6.17 Å². The molecule has 1 aromatic heterocycles. The predicted octanol–water partition coefficient (Wildman–Crippen LogP) is 1.07. The Hall–Kier alpha value is -1.50. The van der Waals surface area contributed by atoms with E-state index >= 15 is 0 Å². The van der Waals surface area contributed by atoms with E-state index in [4.69, 9.17) is 5.21 Å². The zero-order valence-corrected chi connectivity index (χ0v) is 12.5. The van der Waals surface area contributed by atoms with Gasteiger partial charge in [0.15, 0.2) is 0 Å². The molecule has 22 heavy (non-hydrogen) atoms. The van der Waals surface area contributed by atoms with Gasteiger partial charge >= 0.3 is 0 Å². The fourth-order valence-corrected chi connectivity index (χ4v) is 5.32. The van der Waals surface area contributed by atoms with Crippen LogP contribution >= 0.6 is 0 Å². The Morgan fingerprint density at radius 3 is 3.09 bits per heavy atom.